The topological polar surface area (TPSA) is 112 Å². The van der Waals surface area contributed by atoms with E-state index in [9.17, 15) is 19.2 Å². The molecule has 11 nitrogen and oxygen atoms in total. The van der Waals surface area contributed by atoms with Gasteiger partial charge >= 0.3 is 6.09 Å². The summed E-state index contributed by atoms with van der Waals surface area (Å²) in [5, 5.41) is 0. The molecule has 3 rings (SSSR count). The largest absolute Gasteiger partial charge is 0.444 e. The van der Waals surface area contributed by atoms with Crippen LogP contribution in [0.25, 0.3) is 0 Å². The van der Waals surface area contributed by atoms with Crippen LogP contribution < -0.4 is 0 Å². The van der Waals surface area contributed by atoms with Crippen LogP contribution in [-0.4, -0.2) is 112 Å². The van der Waals surface area contributed by atoms with Crippen LogP contribution in [0.3, 0.4) is 0 Å². The number of aliphatic imine (C=N–C) groups is 1. The molecule has 0 aromatic carbocycles. The molecule has 0 aliphatic carbocycles. The zero-order valence-electron chi connectivity index (χ0n) is 22.3. The second-order valence-corrected chi connectivity index (χ2v) is 11.3. The van der Waals surface area contributed by atoms with Crippen LogP contribution >= 0.6 is 0 Å². The van der Waals surface area contributed by atoms with Crippen molar-refractivity contribution in [2.75, 3.05) is 27.2 Å². The Bertz CT molecular complexity index is 926. The molecule has 35 heavy (non-hydrogen) atoms. The number of likely N-dealkylation sites (tertiary alicyclic amines) is 2. The zero-order chi connectivity index (χ0) is 26.5. The molecular formula is C24H39N5O6. The van der Waals surface area contributed by atoms with Crippen molar-refractivity contribution in [3.8, 4) is 0 Å². The number of ether oxygens (including phenoxy) is 2. The number of carbonyl (C=O) groups is 4. The summed E-state index contributed by atoms with van der Waals surface area (Å²) in [5.41, 5.74) is -2.84. The zero-order valence-corrected chi connectivity index (χ0v) is 22.3. The standard InChI is InChI=1S/C24H39N5O6/c1-15-18(29(23(6,7)34-15)21(33)35-22(3,4)5)19(31)28-12-10-11-24(28)16(2)27(20(24)32)13-17(30)25-14-26(8)9/h14-16,18H,10-13H2,1-9H3/b25-14+/t15-,16?,18?,24?/m1/s1. The lowest BCUT2D eigenvalue weighted by molar-refractivity contribution is -0.179. The van der Waals surface area contributed by atoms with Gasteiger partial charge in [-0.05, 0) is 61.3 Å². The molecule has 3 unspecified atom stereocenters. The number of carbonyl (C=O) groups excluding carboxylic acids is 4. The van der Waals surface area contributed by atoms with Crippen LogP contribution in [0.15, 0.2) is 4.99 Å². The highest BCUT2D eigenvalue weighted by Crippen LogP contribution is 2.46. The Labute approximate surface area is 207 Å². The highest BCUT2D eigenvalue weighted by molar-refractivity contribution is 6.02. The summed E-state index contributed by atoms with van der Waals surface area (Å²) in [6.45, 7) is 12.6. The normalized spacial score (nSPS) is 30.3. The van der Waals surface area contributed by atoms with Crippen molar-refractivity contribution in [2.24, 2.45) is 4.99 Å². The molecule has 1 spiro atoms. The third-order valence-electron chi connectivity index (χ3n) is 6.84. The molecule has 3 fully saturated rings. The summed E-state index contributed by atoms with van der Waals surface area (Å²) in [7, 11) is 3.50. The smallest absolute Gasteiger partial charge is 0.413 e. The Morgan fingerprint density at radius 2 is 1.86 bits per heavy atom. The molecule has 11 heteroatoms. The molecule has 0 bridgehead atoms. The molecule has 3 heterocycles. The molecule has 4 amide bonds. The molecule has 3 saturated heterocycles. The average molecular weight is 494 g/mol. The molecule has 0 N–H and O–H groups in total. The molecule has 0 radical (unpaired) electrons. The number of β-lactam (4-membered cyclic amide) rings is 1. The maximum atomic E-state index is 14.0. The fourth-order valence-electron chi connectivity index (χ4n) is 5.41. The Balaban J connectivity index is 1.84. The molecule has 0 saturated carbocycles. The van der Waals surface area contributed by atoms with Crippen molar-refractivity contribution in [1.29, 1.82) is 0 Å². The van der Waals surface area contributed by atoms with Gasteiger partial charge in [0.05, 0.1) is 18.5 Å². The molecule has 3 aliphatic rings. The first kappa shape index (κ1) is 26.9. The van der Waals surface area contributed by atoms with Gasteiger partial charge in [-0.2, -0.15) is 0 Å². The first-order valence-corrected chi connectivity index (χ1v) is 12.1. The van der Waals surface area contributed by atoms with E-state index in [1.54, 1.807) is 65.4 Å². The minimum Gasteiger partial charge on any atom is -0.444 e. The summed E-state index contributed by atoms with van der Waals surface area (Å²) >= 11 is 0. The van der Waals surface area contributed by atoms with Crippen molar-refractivity contribution in [1.82, 2.24) is 19.6 Å². The third kappa shape index (κ3) is 4.74. The van der Waals surface area contributed by atoms with E-state index in [2.05, 4.69) is 4.99 Å². The van der Waals surface area contributed by atoms with Crippen LogP contribution in [0.5, 0.6) is 0 Å². The molecular weight excluding hydrogens is 454 g/mol. The van der Waals surface area contributed by atoms with E-state index in [0.29, 0.717) is 19.4 Å². The monoisotopic (exact) mass is 493 g/mol. The van der Waals surface area contributed by atoms with Gasteiger partial charge in [-0.15, -0.1) is 0 Å². The maximum absolute atomic E-state index is 14.0. The van der Waals surface area contributed by atoms with Gasteiger partial charge in [0.25, 0.3) is 11.8 Å². The summed E-state index contributed by atoms with van der Waals surface area (Å²) in [6.07, 6.45) is 1.32. The minimum atomic E-state index is -1.06. The SMILES string of the molecule is CC1N(CC(=O)/N=C/N(C)C)C(=O)C12CCCN2C(=O)C1[C@@H](C)OC(C)(C)N1C(=O)OC(C)(C)C. The second-order valence-electron chi connectivity index (χ2n) is 11.3. The highest BCUT2D eigenvalue weighted by Gasteiger charge is 2.67. The van der Waals surface area contributed by atoms with Gasteiger partial charge in [-0.1, -0.05) is 0 Å². The highest BCUT2D eigenvalue weighted by atomic mass is 16.6. The van der Waals surface area contributed by atoms with Crippen molar-refractivity contribution in [3.63, 3.8) is 0 Å². The molecule has 0 aromatic heterocycles. The van der Waals surface area contributed by atoms with Gasteiger partial charge in [-0.25, -0.2) is 9.79 Å². The first-order valence-electron chi connectivity index (χ1n) is 12.1. The maximum Gasteiger partial charge on any atom is 0.413 e. The first-order chi connectivity index (χ1) is 16.0. The molecule has 3 aliphatic heterocycles. The van der Waals surface area contributed by atoms with Gasteiger partial charge in [0, 0.05) is 20.6 Å². The number of hydrogen-bond donors (Lipinski definition) is 0. The third-order valence-corrected chi connectivity index (χ3v) is 6.84. The van der Waals surface area contributed by atoms with Gasteiger partial charge in [0.15, 0.2) is 0 Å². The van der Waals surface area contributed by atoms with Gasteiger partial charge in [0.1, 0.15) is 29.5 Å². The lowest BCUT2D eigenvalue weighted by Gasteiger charge is -2.56. The van der Waals surface area contributed by atoms with Crippen LogP contribution in [0, 0.1) is 0 Å². The fraction of sp³-hybridized carbons (Fsp3) is 0.792. The Hall–Kier alpha value is -2.69. The fourth-order valence-corrected chi connectivity index (χ4v) is 5.41. The van der Waals surface area contributed by atoms with E-state index < -0.39 is 41.0 Å². The van der Waals surface area contributed by atoms with Crippen LogP contribution in [0.2, 0.25) is 0 Å². The van der Waals surface area contributed by atoms with Crippen LogP contribution in [0.4, 0.5) is 4.79 Å². The summed E-state index contributed by atoms with van der Waals surface area (Å²) < 4.78 is 11.6. The lowest BCUT2D eigenvalue weighted by Crippen LogP contribution is -2.79. The van der Waals surface area contributed by atoms with E-state index >= 15 is 0 Å². The number of rotatable bonds is 4. The molecule has 4 atom stereocenters. The number of nitrogens with zero attached hydrogens (tertiary/aromatic N) is 5. The summed E-state index contributed by atoms with van der Waals surface area (Å²) in [5.74, 6) is -1.04. The summed E-state index contributed by atoms with van der Waals surface area (Å²) in [6, 6.07) is -1.30. The van der Waals surface area contributed by atoms with E-state index in [4.69, 9.17) is 9.47 Å². The minimum absolute atomic E-state index is 0.145. The predicted molar refractivity (Wildman–Crippen MR) is 129 cm³/mol. The van der Waals surface area contributed by atoms with E-state index in [1.165, 1.54) is 16.1 Å². The Morgan fingerprint density at radius 1 is 1.23 bits per heavy atom. The number of hydrogen-bond acceptors (Lipinski definition) is 6. The Morgan fingerprint density at radius 3 is 2.40 bits per heavy atom. The lowest BCUT2D eigenvalue weighted by atomic mass is 9.77. The molecule has 0 aromatic rings. The van der Waals surface area contributed by atoms with Gasteiger partial charge in [0.2, 0.25) is 5.91 Å². The van der Waals surface area contributed by atoms with E-state index in [-0.39, 0.29) is 24.4 Å². The quantitative estimate of drug-likeness (QED) is 0.331. The van der Waals surface area contributed by atoms with Crippen molar-refractivity contribution in [2.45, 2.75) is 96.4 Å². The van der Waals surface area contributed by atoms with Crippen LogP contribution in [-0.2, 0) is 23.9 Å². The number of amides is 4. The molecule has 196 valence electrons. The summed E-state index contributed by atoms with van der Waals surface area (Å²) in [4.78, 5) is 62.6. The van der Waals surface area contributed by atoms with Crippen molar-refractivity contribution in [3.05, 3.63) is 0 Å². The second kappa shape index (κ2) is 9.07. The van der Waals surface area contributed by atoms with E-state index in [1.807, 2.05) is 6.92 Å². The Kier molecular flexibility index (Phi) is 6.97. The average Bonchev–Trinajstić information content (AvgIpc) is 3.27. The van der Waals surface area contributed by atoms with Crippen LogP contribution in [0.1, 0.15) is 61.3 Å². The van der Waals surface area contributed by atoms with Gasteiger partial charge < -0.3 is 24.2 Å². The van der Waals surface area contributed by atoms with Crippen molar-refractivity contribution >= 4 is 30.2 Å². The predicted octanol–water partition coefficient (Wildman–Crippen LogP) is 1.46. The van der Waals surface area contributed by atoms with Gasteiger partial charge in [-0.3, -0.25) is 19.3 Å². The van der Waals surface area contributed by atoms with E-state index in [0.717, 1.165) is 0 Å². The van der Waals surface area contributed by atoms with Crippen molar-refractivity contribution < 1.29 is 28.7 Å².